The Balaban J connectivity index is 1.96. The summed E-state index contributed by atoms with van der Waals surface area (Å²) in [6.07, 6.45) is 3.59. The summed E-state index contributed by atoms with van der Waals surface area (Å²) < 4.78 is 1.98. The Morgan fingerprint density at radius 2 is 1.90 bits per heavy atom. The van der Waals surface area contributed by atoms with Gasteiger partial charge in [-0.2, -0.15) is 0 Å². The van der Waals surface area contributed by atoms with E-state index < -0.39 is 17.7 Å². The van der Waals surface area contributed by atoms with Crippen LogP contribution in [0.1, 0.15) is 36.9 Å². The SMILES string of the molecule is CCCCN1C(=O)C(=O)/C(=C(/O)c2cccc(Cl)c2)C1c1cn(C)c2ccccc12. The highest BCUT2D eigenvalue weighted by Crippen LogP contribution is 2.42. The Morgan fingerprint density at radius 3 is 2.63 bits per heavy atom. The average molecular weight is 423 g/mol. The van der Waals surface area contributed by atoms with Crippen LogP contribution in [0.25, 0.3) is 16.7 Å². The predicted molar refractivity (Wildman–Crippen MR) is 118 cm³/mol. The van der Waals surface area contributed by atoms with Crippen LogP contribution in [0.5, 0.6) is 0 Å². The standard InChI is InChI=1S/C24H23ClN2O3/c1-3-4-12-27-21(18-14-26(2)19-11-6-5-10-17(18)19)20(23(29)24(27)30)22(28)15-8-7-9-16(25)13-15/h5-11,13-14,21,28H,3-4,12H2,1-2H3/b22-20+. The highest BCUT2D eigenvalue weighted by molar-refractivity contribution is 6.46. The van der Waals surface area contributed by atoms with Crippen molar-refractivity contribution in [1.29, 1.82) is 0 Å². The minimum absolute atomic E-state index is 0.106. The van der Waals surface area contributed by atoms with E-state index in [0.29, 0.717) is 17.1 Å². The van der Waals surface area contributed by atoms with Crippen LogP contribution in [0.2, 0.25) is 5.02 Å². The van der Waals surface area contributed by atoms with Crippen molar-refractivity contribution in [2.24, 2.45) is 7.05 Å². The number of fused-ring (bicyclic) bond motifs is 1. The summed E-state index contributed by atoms with van der Waals surface area (Å²) >= 11 is 6.09. The molecule has 154 valence electrons. The number of aromatic nitrogens is 1. The van der Waals surface area contributed by atoms with Crippen LogP contribution in [-0.4, -0.2) is 32.8 Å². The lowest BCUT2D eigenvalue weighted by Crippen LogP contribution is -2.30. The topological polar surface area (TPSA) is 62.5 Å². The van der Waals surface area contributed by atoms with E-state index in [2.05, 4.69) is 0 Å². The van der Waals surface area contributed by atoms with Gasteiger partial charge in [0, 0.05) is 46.8 Å². The van der Waals surface area contributed by atoms with E-state index in [1.54, 1.807) is 29.2 Å². The minimum atomic E-state index is -0.665. The van der Waals surface area contributed by atoms with Crippen LogP contribution in [0.4, 0.5) is 0 Å². The molecule has 0 saturated carbocycles. The first-order valence-corrected chi connectivity index (χ1v) is 10.4. The van der Waals surface area contributed by atoms with Crippen LogP contribution < -0.4 is 0 Å². The number of rotatable bonds is 5. The van der Waals surface area contributed by atoms with Crippen molar-refractivity contribution in [3.8, 4) is 0 Å². The fourth-order valence-electron chi connectivity index (χ4n) is 4.14. The second kappa shape index (κ2) is 8.00. The van der Waals surface area contributed by atoms with Gasteiger partial charge in [0.05, 0.1) is 11.6 Å². The highest BCUT2D eigenvalue weighted by atomic mass is 35.5. The number of aliphatic hydroxyl groups excluding tert-OH is 1. The molecule has 2 aromatic carbocycles. The zero-order chi connectivity index (χ0) is 21.4. The minimum Gasteiger partial charge on any atom is -0.507 e. The fraction of sp³-hybridized carbons (Fsp3) is 0.250. The number of ketones is 1. The molecule has 1 unspecified atom stereocenters. The Kier molecular flexibility index (Phi) is 5.39. The maximum absolute atomic E-state index is 13.1. The van der Waals surface area contributed by atoms with E-state index in [0.717, 1.165) is 29.3 Å². The smallest absolute Gasteiger partial charge is 0.295 e. The van der Waals surface area contributed by atoms with Gasteiger partial charge in [0.1, 0.15) is 5.76 Å². The number of nitrogens with zero attached hydrogens (tertiary/aromatic N) is 2. The molecule has 1 saturated heterocycles. The van der Waals surface area contributed by atoms with Gasteiger partial charge >= 0.3 is 0 Å². The molecule has 0 radical (unpaired) electrons. The molecule has 1 aliphatic heterocycles. The highest BCUT2D eigenvalue weighted by Gasteiger charge is 2.46. The second-order valence-electron chi connectivity index (χ2n) is 7.57. The summed E-state index contributed by atoms with van der Waals surface area (Å²) in [5, 5.41) is 12.5. The molecule has 1 aliphatic rings. The first kappa shape index (κ1) is 20.2. The van der Waals surface area contributed by atoms with Gasteiger partial charge in [-0.1, -0.05) is 55.3 Å². The summed E-state index contributed by atoms with van der Waals surface area (Å²) in [7, 11) is 1.93. The van der Waals surface area contributed by atoms with E-state index in [-0.39, 0.29) is 11.3 Å². The number of hydrogen-bond acceptors (Lipinski definition) is 3. The average Bonchev–Trinajstić information content (AvgIpc) is 3.20. The van der Waals surface area contributed by atoms with Crippen LogP contribution in [0.3, 0.4) is 0 Å². The number of hydrogen-bond donors (Lipinski definition) is 1. The molecule has 4 rings (SSSR count). The Hall–Kier alpha value is -3.05. The Bertz CT molecular complexity index is 1180. The molecule has 1 fully saturated rings. The number of Topliss-reactive ketones (excluding diaryl/α,β-unsaturated/α-hetero) is 1. The van der Waals surface area contributed by atoms with Crippen LogP contribution in [0.15, 0.2) is 60.3 Å². The summed E-state index contributed by atoms with van der Waals surface area (Å²) in [6.45, 7) is 2.48. The van der Waals surface area contributed by atoms with Crippen molar-refractivity contribution in [1.82, 2.24) is 9.47 Å². The number of carbonyl (C=O) groups is 2. The molecular weight excluding hydrogens is 400 g/mol. The second-order valence-corrected chi connectivity index (χ2v) is 8.01. The van der Waals surface area contributed by atoms with Gasteiger partial charge in [-0.05, 0) is 24.6 Å². The largest absolute Gasteiger partial charge is 0.507 e. The number of unbranched alkanes of at least 4 members (excludes halogenated alkanes) is 1. The fourth-order valence-corrected chi connectivity index (χ4v) is 4.33. The third-order valence-corrected chi connectivity index (χ3v) is 5.85. The molecule has 30 heavy (non-hydrogen) atoms. The molecule has 1 N–H and O–H groups in total. The first-order chi connectivity index (χ1) is 14.4. The maximum Gasteiger partial charge on any atom is 0.295 e. The number of benzene rings is 2. The van der Waals surface area contributed by atoms with Gasteiger partial charge < -0.3 is 14.6 Å². The van der Waals surface area contributed by atoms with E-state index >= 15 is 0 Å². The van der Waals surface area contributed by atoms with E-state index in [1.807, 2.05) is 49.0 Å². The molecule has 2 heterocycles. The summed E-state index contributed by atoms with van der Waals surface area (Å²) in [6, 6.07) is 13.9. The predicted octanol–water partition coefficient (Wildman–Crippen LogP) is 5.05. The molecule has 3 aromatic rings. The number of amides is 1. The number of likely N-dealkylation sites (tertiary alicyclic amines) is 1. The van der Waals surface area contributed by atoms with E-state index in [9.17, 15) is 14.7 Å². The molecule has 1 amide bonds. The zero-order valence-electron chi connectivity index (χ0n) is 16.9. The Labute approximate surface area is 180 Å². The molecule has 1 aromatic heterocycles. The summed E-state index contributed by atoms with van der Waals surface area (Å²) in [5.74, 6) is -1.45. The third-order valence-electron chi connectivity index (χ3n) is 5.61. The molecule has 1 atom stereocenters. The number of halogens is 1. The molecule has 0 spiro atoms. The van der Waals surface area contributed by atoms with Crippen LogP contribution in [0, 0.1) is 0 Å². The molecule has 0 aliphatic carbocycles. The van der Waals surface area contributed by atoms with Crippen molar-refractivity contribution in [2.45, 2.75) is 25.8 Å². The van der Waals surface area contributed by atoms with Gasteiger partial charge in [-0.25, -0.2) is 0 Å². The lowest BCUT2D eigenvalue weighted by molar-refractivity contribution is -0.139. The maximum atomic E-state index is 13.1. The van der Waals surface area contributed by atoms with Gasteiger partial charge in [0.25, 0.3) is 11.7 Å². The molecule has 6 heteroatoms. The van der Waals surface area contributed by atoms with Crippen LogP contribution >= 0.6 is 11.6 Å². The monoisotopic (exact) mass is 422 g/mol. The zero-order valence-corrected chi connectivity index (χ0v) is 17.7. The quantitative estimate of drug-likeness (QED) is 0.355. The number of carbonyl (C=O) groups excluding carboxylic acids is 2. The van der Waals surface area contributed by atoms with Crippen molar-refractivity contribution in [3.05, 3.63) is 76.5 Å². The molecule has 5 nitrogen and oxygen atoms in total. The summed E-state index contributed by atoms with van der Waals surface area (Å²) in [5.41, 5.74) is 2.35. The van der Waals surface area contributed by atoms with Gasteiger partial charge in [-0.15, -0.1) is 0 Å². The normalized spacial score (nSPS) is 18.5. The lowest BCUT2D eigenvalue weighted by Gasteiger charge is -2.24. The van der Waals surface area contributed by atoms with Gasteiger partial charge in [-0.3, -0.25) is 9.59 Å². The van der Waals surface area contributed by atoms with Crippen molar-refractivity contribution >= 4 is 40.0 Å². The Morgan fingerprint density at radius 1 is 1.13 bits per heavy atom. The first-order valence-electron chi connectivity index (χ1n) is 10.0. The molecule has 0 bridgehead atoms. The number of aliphatic hydroxyl groups is 1. The van der Waals surface area contributed by atoms with Crippen molar-refractivity contribution in [2.75, 3.05) is 6.54 Å². The van der Waals surface area contributed by atoms with Gasteiger partial charge in [0.15, 0.2) is 0 Å². The van der Waals surface area contributed by atoms with E-state index in [4.69, 9.17) is 11.6 Å². The van der Waals surface area contributed by atoms with E-state index in [1.165, 1.54) is 0 Å². The number of aryl methyl sites for hydroxylation is 1. The third kappa shape index (κ3) is 3.29. The van der Waals surface area contributed by atoms with Crippen LogP contribution in [-0.2, 0) is 16.6 Å². The lowest BCUT2D eigenvalue weighted by atomic mass is 9.95. The summed E-state index contributed by atoms with van der Waals surface area (Å²) in [4.78, 5) is 27.6. The number of para-hydroxylation sites is 1. The van der Waals surface area contributed by atoms with Crippen molar-refractivity contribution in [3.63, 3.8) is 0 Å². The van der Waals surface area contributed by atoms with Crippen molar-refractivity contribution < 1.29 is 14.7 Å². The molecular formula is C24H23ClN2O3. The van der Waals surface area contributed by atoms with Gasteiger partial charge in [0.2, 0.25) is 0 Å².